The van der Waals surface area contributed by atoms with E-state index in [-0.39, 0.29) is 0 Å². The van der Waals surface area contributed by atoms with Crippen LogP contribution in [0.4, 0.5) is 0 Å². The molecule has 1 aliphatic heterocycles. The van der Waals surface area contributed by atoms with E-state index < -0.39 is 10.0 Å². The van der Waals surface area contributed by atoms with Gasteiger partial charge in [0.2, 0.25) is 10.0 Å². The van der Waals surface area contributed by atoms with Gasteiger partial charge in [0.25, 0.3) is 0 Å². The second-order valence-corrected chi connectivity index (χ2v) is 10.3. The lowest BCUT2D eigenvalue weighted by molar-refractivity contribution is -0.917. The number of nitrogens with zero attached hydrogens (tertiary/aromatic N) is 1. The Morgan fingerprint density at radius 3 is 2.30 bits per heavy atom. The predicted molar refractivity (Wildman–Crippen MR) is 122 cm³/mol. The van der Waals surface area contributed by atoms with E-state index >= 15 is 0 Å². The molecule has 0 bridgehead atoms. The molecule has 4 rings (SSSR count). The standard InChI is InChI=1S/C25H30N2O2S/c1-3-20(2)21-11-13-24(14-12-21)30(28,29)27-17-15-26(16-18-27)19-23-9-6-8-22-7-4-5-10-25(22)23/h4-14,20H,3,15-19H2,1-2H3/p+1/t20-/m1/s1. The van der Waals surface area contributed by atoms with E-state index in [2.05, 4.69) is 56.3 Å². The summed E-state index contributed by atoms with van der Waals surface area (Å²) < 4.78 is 27.8. The predicted octanol–water partition coefficient (Wildman–Crippen LogP) is 3.44. The van der Waals surface area contributed by atoms with Gasteiger partial charge in [0.1, 0.15) is 6.54 Å². The van der Waals surface area contributed by atoms with Crippen LogP contribution >= 0.6 is 0 Å². The van der Waals surface area contributed by atoms with Crippen molar-refractivity contribution >= 4 is 20.8 Å². The number of quaternary nitrogens is 1. The number of rotatable bonds is 6. The molecule has 4 nitrogen and oxygen atoms in total. The van der Waals surface area contributed by atoms with Crippen LogP contribution in [0.2, 0.25) is 0 Å². The normalized spacial score (nSPS) is 17.3. The summed E-state index contributed by atoms with van der Waals surface area (Å²) in [6.45, 7) is 8.03. The minimum Gasteiger partial charge on any atom is -0.329 e. The zero-order valence-corrected chi connectivity index (χ0v) is 18.7. The topological polar surface area (TPSA) is 41.8 Å². The summed E-state index contributed by atoms with van der Waals surface area (Å²) in [6.07, 6.45) is 1.05. The fourth-order valence-electron chi connectivity index (χ4n) is 4.29. The fourth-order valence-corrected chi connectivity index (χ4v) is 5.73. The molecule has 0 unspecified atom stereocenters. The zero-order valence-electron chi connectivity index (χ0n) is 17.8. The van der Waals surface area contributed by atoms with E-state index in [0.29, 0.717) is 23.9 Å². The van der Waals surface area contributed by atoms with Crippen LogP contribution in [0, 0.1) is 0 Å². The molecule has 1 aliphatic rings. The van der Waals surface area contributed by atoms with Crippen LogP contribution in [0.5, 0.6) is 0 Å². The Hall–Kier alpha value is -2.21. The van der Waals surface area contributed by atoms with Gasteiger partial charge in [0.15, 0.2) is 0 Å². The van der Waals surface area contributed by atoms with E-state index in [9.17, 15) is 8.42 Å². The number of nitrogens with one attached hydrogen (secondary N) is 1. The Morgan fingerprint density at radius 1 is 0.933 bits per heavy atom. The smallest absolute Gasteiger partial charge is 0.243 e. The highest BCUT2D eigenvalue weighted by atomic mass is 32.2. The third-order valence-electron chi connectivity index (χ3n) is 6.45. The highest BCUT2D eigenvalue weighted by Crippen LogP contribution is 2.22. The van der Waals surface area contributed by atoms with Gasteiger partial charge in [0, 0.05) is 5.56 Å². The largest absolute Gasteiger partial charge is 0.329 e. The summed E-state index contributed by atoms with van der Waals surface area (Å²) >= 11 is 0. The van der Waals surface area contributed by atoms with E-state index in [1.165, 1.54) is 26.8 Å². The van der Waals surface area contributed by atoms with E-state index in [1.807, 2.05) is 12.1 Å². The third kappa shape index (κ3) is 4.29. The van der Waals surface area contributed by atoms with Gasteiger partial charge in [-0.05, 0) is 40.8 Å². The van der Waals surface area contributed by atoms with Crippen molar-refractivity contribution in [2.24, 2.45) is 0 Å². The van der Waals surface area contributed by atoms with Crippen LogP contribution in [0.1, 0.15) is 37.3 Å². The average molecular weight is 424 g/mol. The Labute approximate surface area is 180 Å². The second-order valence-electron chi connectivity index (χ2n) is 8.35. The quantitative estimate of drug-likeness (QED) is 0.660. The molecule has 1 N–H and O–H groups in total. The Kier molecular flexibility index (Phi) is 6.23. The Balaban J connectivity index is 1.42. The van der Waals surface area contributed by atoms with Gasteiger partial charge in [-0.1, -0.05) is 68.4 Å². The van der Waals surface area contributed by atoms with Gasteiger partial charge in [-0.3, -0.25) is 0 Å². The first-order valence-electron chi connectivity index (χ1n) is 10.9. The molecule has 30 heavy (non-hydrogen) atoms. The molecular weight excluding hydrogens is 392 g/mol. The lowest BCUT2D eigenvalue weighted by Crippen LogP contribution is -3.13. The second kappa shape index (κ2) is 8.88. The van der Waals surface area contributed by atoms with Gasteiger partial charge in [-0.15, -0.1) is 0 Å². The van der Waals surface area contributed by atoms with Crippen molar-refractivity contribution in [2.45, 2.75) is 37.6 Å². The molecular formula is C25H31N2O2S+. The molecule has 1 saturated heterocycles. The van der Waals surface area contributed by atoms with Crippen molar-refractivity contribution in [3.05, 3.63) is 77.9 Å². The third-order valence-corrected chi connectivity index (χ3v) is 8.36. The summed E-state index contributed by atoms with van der Waals surface area (Å²) in [5, 5.41) is 2.56. The summed E-state index contributed by atoms with van der Waals surface area (Å²) in [5.74, 6) is 0.447. The molecule has 158 valence electrons. The van der Waals surface area contributed by atoms with Crippen LogP contribution in [0.15, 0.2) is 71.6 Å². The maximum Gasteiger partial charge on any atom is 0.243 e. The van der Waals surface area contributed by atoms with Crippen LogP contribution in [0.25, 0.3) is 10.8 Å². The molecule has 1 heterocycles. The van der Waals surface area contributed by atoms with Crippen LogP contribution in [-0.2, 0) is 16.6 Å². The minimum atomic E-state index is -3.42. The molecule has 5 heteroatoms. The summed E-state index contributed by atoms with van der Waals surface area (Å²) in [6, 6.07) is 22.4. The number of hydrogen-bond acceptors (Lipinski definition) is 2. The number of piperazine rings is 1. The molecule has 0 radical (unpaired) electrons. The molecule has 1 fully saturated rings. The molecule has 1 atom stereocenters. The minimum absolute atomic E-state index is 0.409. The SMILES string of the molecule is CC[C@@H](C)c1ccc(S(=O)(=O)N2CC[NH+](Cc3cccc4ccccc34)CC2)cc1. The first kappa shape index (κ1) is 21.0. The molecule has 3 aromatic rings. The van der Waals surface area contributed by atoms with Crippen LogP contribution in [-0.4, -0.2) is 38.9 Å². The van der Waals surface area contributed by atoms with Crippen molar-refractivity contribution in [1.29, 1.82) is 0 Å². The van der Waals surface area contributed by atoms with Gasteiger partial charge in [-0.2, -0.15) is 4.31 Å². The monoisotopic (exact) mass is 423 g/mol. The van der Waals surface area contributed by atoms with Gasteiger partial charge < -0.3 is 4.90 Å². The molecule has 0 saturated carbocycles. The zero-order chi connectivity index (χ0) is 21.1. The Bertz CT molecular complexity index is 1100. The van der Waals surface area contributed by atoms with Crippen LogP contribution < -0.4 is 4.90 Å². The highest BCUT2D eigenvalue weighted by molar-refractivity contribution is 7.89. The molecule has 0 aliphatic carbocycles. The number of sulfonamides is 1. The molecule has 3 aromatic carbocycles. The number of hydrogen-bond donors (Lipinski definition) is 1. The summed E-state index contributed by atoms with van der Waals surface area (Å²) in [7, 11) is -3.42. The lowest BCUT2D eigenvalue weighted by Gasteiger charge is -2.31. The van der Waals surface area contributed by atoms with Gasteiger partial charge in [0.05, 0.1) is 31.1 Å². The average Bonchev–Trinajstić information content (AvgIpc) is 2.79. The maximum atomic E-state index is 13.1. The summed E-state index contributed by atoms with van der Waals surface area (Å²) in [5.41, 5.74) is 2.53. The molecule has 0 aromatic heterocycles. The van der Waals surface area contributed by atoms with Crippen LogP contribution in [0.3, 0.4) is 0 Å². The maximum absolute atomic E-state index is 13.1. The van der Waals surface area contributed by atoms with Crippen molar-refractivity contribution < 1.29 is 13.3 Å². The van der Waals surface area contributed by atoms with Gasteiger partial charge in [-0.25, -0.2) is 8.42 Å². The van der Waals surface area contributed by atoms with E-state index in [4.69, 9.17) is 0 Å². The van der Waals surface area contributed by atoms with Crippen molar-refractivity contribution in [3.63, 3.8) is 0 Å². The van der Waals surface area contributed by atoms with Crippen molar-refractivity contribution in [3.8, 4) is 0 Å². The Morgan fingerprint density at radius 2 is 1.60 bits per heavy atom. The molecule has 0 amide bonds. The number of fused-ring (bicyclic) bond motifs is 1. The van der Waals surface area contributed by atoms with E-state index in [1.54, 1.807) is 16.4 Å². The van der Waals surface area contributed by atoms with E-state index in [0.717, 1.165) is 26.1 Å². The summed E-state index contributed by atoms with van der Waals surface area (Å²) in [4.78, 5) is 1.84. The van der Waals surface area contributed by atoms with Gasteiger partial charge >= 0.3 is 0 Å². The number of benzene rings is 3. The lowest BCUT2D eigenvalue weighted by atomic mass is 9.99. The fraction of sp³-hybridized carbons (Fsp3) is 0.360. The highest BCUT2D eigenvalue weighted by Gasteiger charge is 2.30. The first-order valence-corrected chi connectivity index (χ1v) is 12.3. The molecule has 0 spiro atoms. The van der Waals surface area contributed by atoms with Crippen molar-refractivity contribution in [2.75, 3.05) is 26.2 Å². The first-order chi connectivity index (χ1) is 14.5. The van der Waals surface area contributed by atoms with Crippen molar-refractivity contribution in [1.82, 2.24) is 4.31 Å².